The average Bonchev–Trinajstić information content (AvgIpc) is 2.69. The van der Waals surface area contributed by atoms with Crippen LogP contribution in [0.15, 0.2) is 12.1 Å². The number of hydrogen-bond acceptors (Lipinski definition) is 3. The number of alkyl halides is 1. The van der Waals surface area contributed by atoms with Gasteiger partial charge in [0.1, 0.15) is 5.82 Å². The highest BCUT2D eigenvalue weighted by atomic mass is 35.5. The van der Waals surface area contributed by atoms with E-state index in [2.05, 4.69) is 11.0 Å². The fourth-order valence-corrected chi connectivity index (χ4v) is 3.39. The molecule has 114 valence electrons. The molecular formula is C15H20ClN3O2. The van der Waals surface area contributed by atoms with Crippen LogP contribution in [-0.4, -0.2) is 52.6 Å². The Labute approximate surface area is 129 Å². The number of amides is 1. The van der Waals surface area contributed by atoms with E-state index >= 15 is 0 Å². The Morgan fingerprint density at radius 2 is 2.10 bits per heavy atom. The Morgan fingerprint density at radius 1 is 1.29 bits per heavy atom. The maximum atomic E-state index is 11.1. The number of hydrogen-bond donors (Lipinski definition) is 1. The number of anilines is 1. The molecule has 1 atom stereocenters. The van der Waals surface area contributed by atoms with E-state index in [1.54, 1.807) is 0 Å². The van der Waals surface area contributed by atoms with Gasteiger partial charge in [0.05, 0.1) is 5.38 Å². The summed E-state index contributed by atoms with van der Waals surface area (Å²) in [7, 11) is 0. The van der Waals surface area contributed by atoms with Crippen molar-refractivity contribution in [1.29, 1.82) is 0 Å². The molecule has 1 N–H and O–H groups in total. The first kappa shape index (κ1) is 14.4. The van der Waals surface area contributed by atoms with Crippen LogP contribution in [0.3, 0.4) is 0 Å². The van der Waals surface area contributed by atoms with Gasteiger partial charge < -0.3 is 14.9 Å². The Bertz CT molecular complexity index is 538. The molecule has 0 saturated carbocycles. The van der Waals surface area contributed by atoms with Gasteiger partial charge in [-0.2, -0.15) is 0 Å². The first-order valence-electron chi connectivity index (χ1n) is 7.49. The zero-order valence-corrected chi connectivity index (χ0v) is 12.7. The number of carbonyl (C=O) groups is 1. The van der Waals surface area contributed by atoms with Gasteiger partial charge in [0.25, 0.3) is 0 Å². The van der Waals surface area contributed by atoms with E-state index in [9.17, 15) is 4.79 Å². The predicted molar refractivity (Wildman–Crippen MR) is 82.3 cm³/mol. The van der Waals surface area contributed by atoms with E-state index in [4.69, 9.17) is 21.7 Å². The van der Waals surface area contributed by atoms with Gasteiger partial charge in [0.2, 0.25) is 0 Å². The number of rotatable bonds is 1. The van der Waals surface area contributed by atoms with Gasteiger partial charge in [-0.05, 0) is 30.9 Å². The molecule has 6 heteroatoms. The molecular weight excluding hydrogens is 290 g/mol. The molecule has 21 heavy (non-hydrogen) atoms. The first-order valence-corrected chi connectivity index (χ1v) is 7.93. The smallest absolute Gasteiger partial charge is 0.407 e. The summed E-state index contributed by atoms with van der Waals surface area (Å²) < 4.78 is 0. The molecule has 1 amide bonds. The highest BCUT2D eigenvalue weighted by Gasteiger charge is 2.22. The molecule has 1 aromatic heterocycles. The van der Waals surface area contributed by atoms with Crippen molar-refractivity contribution in [2.75, 3.05) is 31.1 Å². The molecule has 1 aromatic rings. The number of carboxylic acid groups (broad SMARTS) is 1. The molecule has 1 saturated heterocycles. The van der Waals surface area contributed by atoms with Crippen LogP contribution in [0.4, 0.5) is 10.6 Å². The molecule has 3 rings (SSSR count). The molecule has 0 radical (unpaired) electrons. The molecule has 1 unspecified atom stereocenters. The van der Waals surface area contributed by atoms with Crippen molar-refractivity contribution in [2.45, 2.75) is 31.1 Å². The topological polar surface area (TPSA) is 56.7 Å². The van der Waals surface area contributed by atoms with Gasteiger partial charge in [-0.15, -0.1) is 11.6 Å². The predicted octanol–water partition coefficient (Wildman–Crippen LogP) is 2.37. The van der Waals surface area contributed by atoms with E-state index in [1.807, 2.05) is 6.07 Å². The highest BCUT2D eigenvalue weighted by Crippen LogP contribution is 2.23. The lowest BCUT2D eigenvalue weighted by Crippen LogP contribution is -2.36. The fourth-order valence-electron chi connectivity index (χ4n) is 3.07. The number of piperidine rings is 1. The monoisotopic (exact) mass is 309 g/mol. The van der Waals surface area contributed by atoms with Crippen molar-refractivity contribution in [3.8, 4) is 0 Å². The van der Waals surface area contributed by atoms with Crippen LogP contribution in [0.1, 0.15) is 24.1 Å². The number of halogens is 1. The fraction of sp³-hybridized carbons (Fsp3) is 0.600. The van der Waals surface area contributed by atoms with E-state index in [0.29, 0.717) is 19.5 Å². The Morgan fingerprint density at radius 3 is 2.86 bits per heavy atom. The molecule has 2 aliphatic rings. The summed E-state index contributed by atoms with van der Waals surface area (Å²) in [5.41, 5.74) is 2.20. The van der Waals surface area contributed by atoms with Gasteiger partial charge in [-0.25, -0.2) is 9.78 Å². The van der Waals surface area contributed by atoms with Crippen LogP contribution >= 0.6 is 11.6 Å². The van der Waals surface area contributed by atoms with E-state index < -0.39 is 6.09 Å². The molecule has 0 bridgehead atoms. The maximum Gasteiger partial charge on any atom is 0.407 e. The molecule has 0 aromatic carbocycles. The zero-order chi connectivity index (χ0) is 14.8. The van der Waals surface area contributed by atoms with E-state index in [1.165, 1.54) is 10.5 Å². The molecule has 5 nitrogen and oxygen atoms in total. The van der Waals surface area contributed by atoms with Crippen molar-refractivity contribution in [1.82, 2.24) is 9.88 Å². The van der Waals surface area contributed by atoms with Crippen molar-refractivity contribution in [3.63, 3.8) is 0 Å². The van der Waals surface area contributed by atoms with Gasteiger partial charge in [-0.1, -0.05) is 6.07 Å². The number of fused-ring (bicyclic) bond motifs is 1. The second-order valence-electron chi connectivity index (χ2n) is 5.73. The quantitative estimate of drug-likeness (QED) is 0.809. The van der Waals surface area contributed by atoms with Crippen molar-refractivity contribution in [3.05, 3.63) is 23.4 Å². The summed E-state index contributed by atoms with van der Waals surface area (Å²) >= 11 is 6.24. The lowest BCUT2D eigenvalue weighted by atomic mass is 10.1. The Hall–Kier alpha value is -1.49. The van der Waals surface area contributed by atoms with E-state index in [0.717, 1.165) is 43.9 Å². The van der Waals surface area contributed by atoms with Gasteiger partial charge in [0, 0.05) is 38.3 Å². The highest BCUT2D eigenvalue weighted by molar-refractivity contribution is 6.21. The maximum absolute atomic E-state index is 11.1. The minimum atomic E-state index is -0.843. The normalized spacial score (nSPS) is 22.6. The summed E-state index contributed by atoms with van der Waals surface area (Å²) in [5, 5.41) is 9.31. The third-order valence-corrected chi connectivity index (χ3v) is 4.64. The van der Waals surface area contributed by atoms with Gasteiger partial charge in [0.15, 0.2) is 0 Å². The molecule has 0 aliphatic carbocycles. The Balaban J connectivity index is 1.77. The minimum absolute atomic E-state index is 0.196. The van der Waals surface area contributed by atoms with E-state index in [-0.39, 0.29) is 5.38 Å². The van der Waals surface area contributed by atoms with Crippen LogP contribution in [0.5, 0.6) is 0 Å². The van der Waals surface area contributed by atoms with Crippen molar-refractivity contribution >= 4 is 23.5 Å². The van der Waals surface area contributed by atoms with Crippen molar-refractivity contribution < 1.29 is 9.90 Å². The standard InChI is InChI=1S/C15H20ClN3O2/c16-12-2-1-7-19(10-12)14-4-3-11-5-8-18(15(20)21)9-6-13(11)17-14/h3-4,12H,1-2,5-10H2,(H,20,21). The SMILES string of the molecule is O=C(O)N1CCc2ccc(N3CCCC(Cl)C3)nc2CC1. The number of pyridine rings is 1. The third-order valence-electron chi connectivity index (χ3n) is 4.28. The van der Waals surface area contributed by atoms with Crippen LogP contribution < -0.4 is 4.90 Å². The largest absolute Gasteiger partial charge is 0.465 e. The summed E-state index contributed by atoms with van der Waals surface area (Å²) in [6, 6.07) is 4.14. The molecule has 2 aliphatic heterocycles. The van der Waals surface area contributed by atoms with Crippen LogP contribution in [0.2, 0.25) is 0 Å². The summed E-state index contributed by atoms with van der Waals surface area (Å²) in [6.07, 6.45) is 2.75. The summed E-state index contributed by atoms with van der Waals surface area (Å²) in [6.45, 7) is 2.92. The number of nitrogens with zero attached hydrogens (tertiary/aromatic N) is 3. The Kier molecular flexibility index (Phi) is 4.19. The third kappa shape index (κ3) is 3.23. The second-order valence-corrected chi connectivity index (χ2v) is 6.35. The minimum Gasteiger partial charge on any atom is -0.465 e. The van der Waals surface area contributed by atoms with Gasteiger partial charge in [-0.3, -0.25) is 0 Å². The summed E-state index contributed by atoms with van der Waals surface area (Å²) in [5.74, 6) is 0.975. The van der Waals surface area contributed by atoms with Crippen molar-refractivity contribution in [2.24, 2.45) is 0 Å². The van der Waals surface area contributed by atoms with Crippen LogP contribution in [0, 0.1) is 0 Å². The molecule has 1 fully saturated rings. The van der Waals surface area contributed by atoms with Crippen LogP contribution in [-0.2, 0) is 12.8 Å². The lowest BCUT2D eigenvalue weighted by molar-refractivity contribution is 0.147. The molecule has 3 heterocycles. The van der Waals surface area contributed by atoms with Gasteiger partial charge >= 0.3 is 6.09 Å². The lowest BCUT2D eigenvalue weighted by Gasteiger charge is -2.31. The zero-order valence-electron chi connectivity index (χ0n) is 12.0. The number of aromatic nitrogens is 1. The molecule has 0 spiro atoms. The van der Waals surface area contributed by atoms with Crippen LogP contribution in [0.25, 0.3) is 0 Å². The first-order chi connectivity index (χ1) is 10.1. The summed E-state index contributed by atoms with van der Waals surface area (Å²) in [4.78, 5) is 19.6. The second kappa shape index (κ2) is 6.10. The average molecular weight is 310 g/mol.